The molecule has 1 atom stereocenters. The first-order valence-electron chi connectivity index (χ1n) is 7.13. The number of rotatable bonds is 5. The summed E-state index contributed by atoms with van der Waals surface area (Å²) < 4.78 is 0. The van der Waals surface area contributed by atoms with Crippen LogP contribution in [0.3, 0.4) is 0 Å². The second kappa shape index (κ2) is 8.16. The molecule has 0 aromatic heterocycles. The van der Waals surface area contributed by atoms with Crippen LogP contribution in [0.5, 0.6) is 0 Å². The summed E-state index contributed by atoms with van der Waals surface area (Å²) in [5.41, 5.74) is 1.06. The Bertz CT molecular complexity index is 353. The number of carboxylic acid groups (broad SMARTS) is 1. The number of aliphatic hydroxyl groups is 1. The van der Waals surface area contributed by atoms with Gasteiger partial charge in [-0.25, -0.2) is 0 Å². The van der Waals surface area contributed by atoms with Gasteiger partial charge in [-0.2, -0.15) is 0 Å². The lowest BCUT2D eigenvalue weighted by Gasteiger charge is -2.28. The van der Waals surface area contributed by atoms with E-state index in [-0.39, 0.29) is 6.61 Å². The van der Waals surface area contributed by atoms with Gasteiger partial charge in [0, 0.05) is 0 Å². The van der Waals surface area contributed by atoms with E-state index in [1.54, 1.807) is 6.92 Å². The van der Waals surface area contributed by atoms with Crippen LogP contribution in [-0.2, 0) is 4.79 Å². The van der Waals surface area contributed by atoms with E-state index in [0.29, 0.717) is 5.92 Å². The summed E-state index contributed by atoms with van der Waals surface area (Å²) in [6.07, 6.45) is 6.61. The molecule has 110 valence electrons. The van der Waals surface area contributed by atoms with E-state index in [0.717, 1.165) is 24.8 Å². The summed E-state index contributed by atoms with van der Waals surface area (Å²) in [5, 5.41) is 18.5. The van der Waals surface area contributed by atoms with Gasteiger partial charge < -0.3 is 10.2 Å². The Morgan fingerprint density at radius 1 is 1.32 bits per heavy atom. The second-order valence-electron chi connectivity index (χ2n) is 5.41. The smallest absolute Gasteiger partial charge is 0.315 e. The lowest BCUT2D eigenvalue weighted by atomic mass is 9.77. The number of carboxylic acids is 1. The molecule has 1 unspecified atom stereocenters. The second-order valence-corrected chi connectivity index (χ2v) is 5.41. The zero-order valence-corrected chi connectivity index (χ0v) is 12.9. The van der Waals surface area contributed by atoms with Gasteiger partial charge in [0.05, 0.1) is 6.61 Å². The van der Waals surface area contributed by atoms with Gasteiger partial charge in [0.25, 0.3) is 0 Å². The zero-order valence-electron chi connectivity index (χ0n) is 12.9. The van der Waals surface area contributed by atoms with Crippen molar-refractivity contribution >= 4 is 5.97 Å². The number of carbonyl (C=O) groups is 1. The Labute approximate surface area is 117 Å². The molecule has 3 nitrogen and oxygen atoms in total. The van der Waals surface area contributed by atoms with Gasteiger partial charge in [0.15, 0.2) is 0 Å². The first-order valence-corrected chi connectivity index (χ1v) is 7.13. The van der Waals surface area contributed by atoms with Crippen LogP contribution in [0.1, 0.15) is 53.9 Å². The molecule has 0 amide bonds. The van der Waals surface area contributed by atoms with Crippen LogP contribution in [0, 0.1) is 11.3 Å². The quantitative estimate of drug-likeness (QED) is 0.797. The normalized spacial score (nSPS) is 17.8. The number of hydrogen-bond donors (Lipinski definition) is 2. The van der Waals surface area contributed by atoms with Crippen molar-refractivity contribution < 1.29 is 15.0 Å². The molecule has 0 aliphatic heterocycles. The molecule has 0 heterocycles. The van der Waals surface area contributed by atoms with Crippen molar-refractivity contribution in [3.8, 4) is 0 Å². The summed E-state index contributed by atoms with van der Waals surface area (Å²) in [4.78, 5) is 11.2. The van der Waals surface area contributed by atoms with Gasteiger partial charge in [-0.05, 0) is 32.1 Å². The summed E-state index contributed by atoms with van der Waals surface area (Å²) in [5.74, 6) is -0.327. The third-order valence-electron chi connectivity index (χ3n) is 3.40. The van der Waals surface area contributed by atoms with E-state index in [4.69, 9.17) is 0 Å². The molecule has 0 saturated carbocycles. The van der Waals surface area contributed by atoms with Crippen molar-refractivity contribution in [3.63, 3.8) is 0 Å². The standard InChI is InChI=1S/C14H22O3.C2H6/c1-10(2)8-11-4-6-12(7-5-11)14(3,9-15)13(16)17;1-2/h4,6,10,15H,5,7-9H2,1-3H3,(H,16,17);1-2H3. The van der Waals surface area contributed by atoms with Crippen LogP contribution in [-0.4, -0.2) is 22.8 Å². The van der Waals surface area contributed by atoms with E-state index in [2.05, 4.69) is 13.8 Å². The Morgan fingerprint density at radius 3 is 2.21 bits per heavy atom. The maximum atomic E-state index is 11.2. The molecule has 1 aliphatic carbocycles. The highest BCUT2D eigenvalue weighted by Gasteiger charge is 2.36. The van der Waals surface area contributed by atoms with Crippen LogP contribution >= 0.6 is 0 Å². The minimum absolute atomic E-state index is 0.346. The largest absolute Gasteiger partial charge is 0.481 e. The molecule has 0 radical (unpaired) electrons. The highest BCUT2D eigenvalue weighted by Crippen LogP contribution is 2.35. The van der Waals surface area contributed by atoms with Gasteiger partial charge in [0.2, 0.25) is 0 Å². The highest BCUT2D eigenvalue weighted by atomic mass is 16.4. The fourth-order valence-corrected chi connectivity index (χ4v) is 2.14. The van der Waals surface area contributed by atoms with Gasteiger partial charge in [0.1, 0.15) is 5.41 Å². The minimum Gasteiger partial charge on any atom is -0.481 e. The van der Waals surface area contributed by atoms with Crippen molar-refractivity contribution in [2.24, 2.45) is 11.3 Å². The zero-order chi connectivity index (χ0) is 15.1. The van der Waals surface area contributed by atoms with Crippen molar-refractivity contribution in [2.75, 3.05) is 6.61 Å². The molecule has 0 bridgehead atoms. The molecule has 3 heteroatoms. The first-order chi connectivity index (χ1) is 8.90. The maximum Gasteiger partial charge on any atom is 0.315 e. The van der Waals surface area contributed by atoms with Gasteiger partial charge >= 0.3 is 5.97 Å². The third kappa shape index (κ3) is 4.83. The first kappa shape index (κ1) is 17.9. The fraction of sp³-hybridized carbons (Fsp3) is 0.688. The van der Waals surface area contributed by atoms with E-state index in [1.165, 1.54) is 5.57 Å². The predicted molar refractivity (Wildman–Crippen MR) is 79.0 cm³/mol. The minimum atomic E-state index is -1.13. The van der Waals surface area contributed by atoms with E-state index >= 15 is 0 Å². The third-order valence-corrected chi connectivity index (χ3v) is 3.40. The van der Waals surface area contributed by atoms with Crippen molar-refractivity contribution in [1.29, 1.82) is 0 Å². The molecule has 1 rings (SSSR count). The average molecular weight is 268 g/mol. The molecule has 1 aliphatic rings. The van der Waals surface area contributed by atoms with E-state index in [9.17, 15) is 15.0 Å². The van der Waals surface area contributed by atoms with Crippen molar-refractivity contribution in [2.45, 2.75) is 53.9 Å². The Balaban J connectivity index is 0.00000154. The molecule has 0 aromatic carbocycles. The van der Waals surface area contributed by atoms with Gasteiger partial charge in [-0.1, -0.05) is 51.0 Å². The topological polar surface area (TPSA) is 57.5 Å². The summed E-state index contributed by atoms with van der Waals surface area (Å²) in [6.45, 7) is 9.59. The Kier molecular flexibility index (Phi) is 7.69. The average Bonchev–Trinajstić information content (AvgIpc) is 2.40. The fourth-order valence-electron chi connectivity index (χ4n) is 2.14. The monoisotopic (exact) mass is 268 g/mol. The molecule has 19 heavy (non-hydrogen) atoms. The molecule has 0 fully saturated rings. The lowest BCUT2D eigenvalue weighted by molar-refractivity contribution is -0.147. The van der Waals surface area contributed by atoms with Crippen molar-refractivity contribution in [1.82, 2.24) is 0 Å². The maximum absolute atomic E-state index is 11.2. The van der Waals surface area contributed by atoms with E-state index in [1.807, 2.05) is 26.0 Å². The van der Waals surface area contributed by atoms with Crippen molar-refractivity contribution in [3.05, 3.63) is 23.3 Å². The molecular weight excluding hydrogens is 240 g/mol. The van der Waals surface area contributed by atoms with Crippen LogP contribution < -0.4 is 0 Å². The summed E-state index contributed by atoms with van der Waals surface area (Å²) in [7, 11) is 0. The Morgan fingerprint density at radius 2 is 1.89 bits per heavy atom. The van der Waals surface area contributed by atoms with Gasteiger partial charge in [-0.3, -0.25) is 4.79 Å². The summed E-state index contributed by atoms with van der Waals surface area (Å²) in [6, 6.07) is 0. The van der Waals surface area contributed by atoms with Crippen LogP contribution in [0.25, 0.3) is 0 Å². The number of aliphatic hydroxyl groups excluding tert-OH is 1. The molecule has 0 spiro atoms. The highest BCUT2D eigenvalue weighted by molar-refractivity contribution is 5.78. The van der Waals surface area contributed by atoms with Gasteiger partial charge in [-0.15, -0.1) is 0 Å². The predicted octanol–water partition coefficient (Wildman–Crippen LogP) is 3.79. The molecular formula is C16H28O3. The van der Waals surface area contributed by atoms with Crippen LogP contribution in [0.15, 0.2) is 23.3 Å². The SMILES string of the molecule is CC.CC(C)CC1=CC=C(C(C)(CO)C(=O)O)CC1. The molecule has 0 aromatic rings. The van der Waals surface area contributed by atoms with Crippen LogP contribution in [0.2, 0.25) is 0 Å². The summed E-state index contributed by atoms with van der Waals surface area (Å²) >= 11 is 0. The lowest BCUT2D eigenvalue weighted by Crippen LogP contribution is -2.34. The molecule has 2 N–H and O–H groups in total. The van der Waals surface area contributed by atoms with E-state index < -0.39 is 11.4 Å². The Hall–Kier alpha value is -1.09. The number of allylic oxidation sites excluding steroid dienone is 3. The number of hydrogen-bond acceptors (Lipinski definition) is 2. The number of aliphatic carboxylic acids is 1. The molecule has 0 saturated heterocycles. The van der Waals surface area contributed by atoms with Crippen LogP contribution in [0.4, 0.5) is 0 Å².